The van der Waals surface area contributed by atoms with Crippen LogP contribution in [0.4, 0.5) is 0 Å². The van der Waals surface area contributed by atoms with E-state index >= 15 is 0 Å². The van der Waals surface area contributed by atoms with Gasteiger partial charge in [0.15, 0.2) is 0 Å². The van der Waals surface area contributed by atoms with Crippen molar-refractivity contribution in [1.82, 2.24) is 4.90 Å². The topological polar surface area (TPSA) is 110 Å². The van der Waals surface area contributed by atoms with Crippen LogP contribution in [0.3, 0.4) is 0 Å². The third kappa shape index (κ3) is 3.42. The van der Waals surface area contributed by atoms with Gasteiger partial charge in [0, 0.05) is 13.0 Å². The third-order valence-corrected chi connectivity index (χ3v) is 5.47. The van der Waals surface area contributed by atoms with Crippen molar-refractivity contribution in [2.24, 2.45) is 5.73 Å². The lowest BCUT2D eigenvalue weighted by molar-refractivity contribution is -0.151. The maximum atomic E-state index is 12.6. The number of benzene rings is 1. The van der Waals surface area contributed by atoms with Gasteiger partial charge < -0.3 is 10.8 Å². The van der Waals surface area contributed by atoms with Gasteiger partial charge in [-0.25, -0.2) is 4.79 Å². The van der Waals surface area contributed by atoms with E-state index in [2.05, 4.69) is 0 Å². The number of nitrogens with two attached hydrogens (primary N) is 1. The van der Waals surface area contributed by atoms with E-state index in [1.807, 2.05) is 6.07 Å². The second-order valence-electron chi connectivity index (χ2n) is 5.52. The van der Waals surface area contributed by atoms with Gasteiger partial charge in [0.05, 0.1) is 6.04 Å². The van der Waals surface area contributed by atoms with Gasteiger partial charge in [-0.2, -0.15) is 0 Å². The molecule has 0 saturated carbocycles. The third-order valence-electron chi connectivity index (χ3n) is 3.85. The maximum Gasteiger partial charge on any atom is 0.549 e. The molecule has 7 nitrogen and oxygen atoms in total. The first kappa shape index (κ1) is 17.5. The molecule has 1 heterocycles. The Labute approximate surface area is 135 Å². The average Bonchev–Trinajstić information content (AvgIpc) is 2.98. The molecule has 124 valence electrons. The number of hydrogen-bond donors (Lipinski definition) is 2. The molecule has 0 radical (unpaired) electrons. The molecule has 0 aliphatic carbocycles. The van der Waals surface area contributed by atoms with Crippen molar-refractivity contribution in [3.8, 4) is 0 Å². The number of likely N-dealkylation sites (tertiary alicyclic amines) is 1. The molecule has 3 atom stereocenters. The molecule has 2 rings (SSSR count). The molecule has 1 unspecified atom stereocenters. The molecule has 1 aromatic carbocycles. The molecule has 0 aromatic heterocycles. The fourth-order valence-corrected chi connectivity index (χ4v) is 4.02. The van der Waals surface area contributed by atoms with Gasteiger partial charge in [0.1, 0.15) is 6.61 Å². The van der Waals surface area contributed by atoms with Crippen LogP contribution in [0.25, 0.3) is 0 Å². The quantitative estimate of drug-likeness (QED) is 0.763. The zero-order chi connectivity index (χ0) is 17.0. The van der Waals surface area contributed by atoms with Gasteiger partial charge in [0.2, 0.25) is 5.91 Å². The molecule has 1 saturated heterocycles. The summed E-state index contributed by atoms with van der Waals surface area (Å²) < 4.78 is 18.0. The number of carbonyl (C=O) groups is 2. The SMILES string of the molecule is C[C@H](N)C(=O)N1CCC[C@]1(C(=O)O)[P+](=O)OCc1ccccc1. The van der Waals surface area contributed by atoms with Crippen molar-refractivity contribution in [3.63, 3.8) is 0 Å². The second-order valence-corrected chi connectivity index (χ2v) is 7.03. The van der Waals surface area contributed by atoms with Crippen molar-refractivity contribution in [1.29, 1.82) is 0 Å². The van der Waals surface area contributed by atoms with E-state index in [-0.39, 0.29) is 19.6 Å². The van der Waals surface area contributed by atoms with Crippen LogP contribution in [-0.2, 0) is 25.3 Å². The normalized spacial score (nSPS) is 22.7. The van der Waals surface area contributed by atoms with E-state index in [1.165, 1.54) is 6.92 Å². The standard InChI is InChI=1S/C15H19N2O5P/c1-11(16)13(18)17-9-5-8-15(17,14(19)20)23(21)22-10-12-6-3-2-4-7-12/h2-4,6-7,11H,5,8-10,16H2,1H3/p+1/t11-,15+/m0/s1. The summed E-state index contributed by atoms with van der Waals surface area (Å²) in [5, 5.41) is 7.80. The van der Waals surface area contributed by atoms with E-state index in [0.717, 1.165) is 10.5 Å². The lowest BCUT2D eigenvalue weighted by atomic mass is 10.2. The van der Waals surface area contributed by atoms with E-state index in [1.54, 1.807) is 24.3 Å². The zero-order valence-corrected chi connectivity index (χ0v) is 13.7. The number of rotatable bonds is 6. The van der Waals surface area contributed by atoms with Crippen LogP contribution in [-0.4, -0.2) is 39.7 Å². The largest absolute Gasteiger partial charge is 0.549 e. The number of carboxylic acids is 1. The highest BCUT2D eigenvalue weighted by Gasteiger charge is 2.67. The molecular weight excluding hydrogens is 319 g/mol. The van der Waals surface area contributed by atoms with Crippen LogP contribution >= 0.6 is 8.03 Å². The summed E-state index contributed by atoms with van der Waals surface area (Å²) in [6.45, 7) is 1.71. The lowest BCUT2D eigenvalue weighted by Gasteiger charge is -2.26. The number of amides is 1. The summed E-state index contributed by atoms with van der Waals surface area (Å²) in [4.78, 5) is 25.1. The van der Waals surface area contributed by atoms with Gasteiger partial charge in [-0.15, -0.1) is 4.52 Å². The first-order valence-electron chi connectivity index (χ1n) is 7.34. The summed E-state index contributed by atoms with van der Waals surface area (Å²) in [6.07, 6.45) is 0.533. The van der Waals surface area contributed by atoms with Crippen molar-refractivity contribution < 1.29 is 23.8 Å². The fraction of sp³-hybridized carbons (Fsp3) is 0.467. The Morgan fingerprint density at radius 2 is 2.09 bits per heavy atom. The molecule has 1 amide bonds. The predicted octanol–water partition coefficient (Wildman–Crippen LogP) is 1.70. The number of carboxylic acid groups (broad SMARTS) is 1. The first-order chi connectivity index (χ1) is 10.9. The smallest absolute Gasteiger partial charge is 0.476 e. The Bertz CT molecular complexity index is 607. The minimum absolute atomic E-state index is 0.0191. The molecule has 23 heavy (non-hydrogen) atoms. The Morgan fingerprint density at radius 1 is 1.43 bits per heavy atom. The first-order valence-corrected chi connectivity index (χ1v) is 8.52. The maximum absolute atomic E-state index is 12.6. The van der Waals surface area contributed by atoms with Crippen LogP contribution in [0.2, 0.25) is 0 Å². The van der Waals surface area contributed by atoms with Gasteiger partial charge in [0.25, 0.3) is 0 Å². The predicted molar refractivity (Wildman–Crippen MR) is 83.8 cm³/mol. The Morgan fingerprint density at radius 3 is 2.65 bits per heavy atom. The van der Waals surface area contributed by atoms with Crippen LogP contribution in [0.15, 0.2) is 30.3 Å². The monoisotopic (exact) mass is 339 g/mol. The van der Waals surface area contributed by atoms with Crippen LogP contribution in [0, 0.1) is 0 Å². The number of nitrogens with zero attached hydrogens (tertiary/aromatic N) is 1. The molecule has 1 aliphatic heterocycles. The van der Waals surface area contributed by atoms with Crippen LogP contribution < -0.4 is 5.73 Å². The minimum Gasteiger partial charge on any atom is -0.476 e. The van der Waals surface area contributed by atoms with Crippen LogP contribution in [0.1, 0.15) is 25.3 Å². The molecule has 1 aliphatic rings. The van der Waals surface area contributed by atoms with Gasteiger partial charge in [-0.1, -0.05) is 30.3 Å². The molecule has 0 bridgehead atoms. The average molecular weight is 339 g/mol. The molecule has 8 heteroatoms. The summed E-state index contributed by atoms with van der Waals surface area (Å²) in [5.74, 6) is -1.85. The van der Waals surface area contributed by atoms with E-state index in [0.29, 0.717) is 6.42 Å². The van der Waals surface area contributed by atoms with Crippen molar-refractivity contribution >= 4 is 19.9 Å². The highest BCUT2D eigenvalue weighted by Crippen LogP contribution is 2.50. The minimum atomic E-state index is -2.63. The number of hydrogen-bond acceptors (Lipinski definition) is 5. The van der Waals surface area contributed by atoms with Gasteiger partial charge >= 0.3 is 19.3 Å². The lowest BCUT2D eigenvalue weighted by Crippen LogP contribution is -2.54. The van der Waals surface area contributed by atoms with Gasteiger partial charge in [-0.3, -0.25) is 9.69 Å². The molecular formula is C15H20N2O5P+. The van der Waals surface area contributed by atoms with Crippen molar-refractivity contribution in [2.75, 3.05) is 6.54 Å². The summed E-state index contributed by atoms with van der Waals surface area (Å²) in [6, 6.07) is 8.17. The van der Waals surface area contributed by atoms with Crippen LogP contribution in [0.5, 0.6) is 0 Å². The zero-order valence-electron chi connectivity index (χ0n) is 12.8. The summed E-state index contributed by atoms with van der Waals surface area (Å²) >= 11 is 0. The van der Waals surface area contributed by atoms with Crippen molar-refractivity contribution in [2.45, 2.75) is 37.7 Å². The number of aliphatic carboxylic acids is 1. The Kier molecular flexibility index (Phi) is 5.46. The number of carbonyl (C=O) groups excluding carboxylic acids is 1. The van der Waals surface area contributed by atoms with Crippen molar-refractivity contribution in [3.05, 3.63) is 35.9 Å². The summed E-state index contributed by atoms with van der Waals surface area (Å²) in [7, 11) is -2.63. The summed E-state index contributed by atoms with van der Waals surface area (Å²) in [5.41, 5.74) is 6.36. The van der Waals surface area contributed by atoms with E-state index in [4.69, 9.17) is 10.3 Å². The Hall–Kier alpha value is -1.82. The molecule has 1 aromatic rings. The highest BCUT2D eigenvalue weighted by atomic mass is 31.1. The molecule has 0 spiro atoms. The Balaban J connectivity index is 2.21. The molecule has 1 fully saturated rings. The fourth-order valence-electron chi connectivity index (χ4n) is 2.65. The molecule has 3 N–H and O–H groups in total. The highest BCUT2D eigenvalue weighted by molar-refractivity contribution is 7.42. The van der Waals surface area contributed by atoms with Gasteiger partial charge in [-0.05, 0) is 23.5 Å². The van der Waals surface area contributed by atoms with E-state index in [9.17, 15) is 19.3 Å². The second kappa shape index (κ2) is 7.17. The van der Waals surface area contributed by atoms with E-state index < -0.39 is 31.2 Å².